The van der Waals surface area contributed by atoms with E-state index in [0.717, 1.165) is 41.4 Å². The number of anilines is 1. The van der Waals surface area contributed by atoms with Gasteiger partial charge in [-0.25, -0.2) is 9.78 Å². The first kappa shape index (κ1) is 15.0. The molecule has 0 spiro atoms. The van der Waals surface area contributed by atoms with Gasteiger partial charge in [0.15, 0.2) is 0 Å². The maximum Gasteiger partial charge on any atom is 0.322 e. The van der Waals surface area contributed by atoms with Crippen LogP contribution in [0.1, 0.15) is 24.6 Å². The molecular weight excluding hydrogens is 322 g/mol. The van der Waals surface area contributed by atoms with Gasteiger partial charge in [-0.15, -0.1) is 11.3 Å². The van der Waals surface area contributed by atoms with Crippen LogP contribution >= 0.6 is 11.3 Å². The van der Waals surface area contributed by atoms with E-state index in [9.17, 15) is 4.79 Å². The van der Waals surface area contributed by atoms with E-state index in [1.807, 2.05) is 46.7 Å². The molecule has 1 aliphatic heterocycles. The summed E-state index contributed by atoms with van der Waals surface area (Å²) in [6.07, 6.45) is 5.37. The third-order valence-electron chi connectivity index (χ3n) is 4.20. The van der Waals surface area contributed by atoms with Crippen LogP contribution in [0.5, 0.6) is 0 Å². The number of urea groups is 1. The van der Waals surface area contributed by atoms with Gasteiger partial charge in [0.1, 0.15) is 10.8 Å². The molecule has 1 atom stereocenters. The average Bonchev–Trinajstić information content (AvgIpc) is 3.35. The molecule has 1 aliphatic rings. The number of amides is 2. The van der Waals surface area contributed by atoms with Crippen molar-refractivity contribution in [2.45, 2.75) is 18.9 Å². The molecule has 24 heavy (non-hydrogen) atoms. The maximum atomic E-state index is 12.6. The molecule has 1 N–H and O–H groups in total. The topological polar surface area (TPSA) is 58.4 Å². The lowest BCUT2D eigenvalue weighted by atomic mass is 10.2. The summed E-state index contributed by atoms with van der Waals surface area (Å²) in [6.45, 7) is 0.744. The second-order valence-electron chi connectivity index (χ2n) is 5.71. The standard InChI is InChI=1S/C18H17N3O2S/c22-18(21-10-1-3-15(21)16-4-2-11-23-16)20-14-7-5-13(6-8-14)17-19-9-12-24-17/h2,4-9,11-12,15H,1,3,10H2,(H,20,22)/t15-/m1/s1. The van der Waals surface area contributed by atoms with Crippen molar-refractivity contribution in [3.63, 3.8) is 0 Å². The van der Waals surface area contributed by atoms with Crippen molar-refractivity contribution in [2.24, 2.45) is 0 Å². The molecule has 2 aromatic heterocycles. The van der Waals surface area contributed by atoms with Crippen molar-refractivity contribution in [3.8, 4) is 10.6 Å². The molecule has 4 rings (SSSR count). The number of rotatable bonds is 3. The van der Waals surface area contributed by atoms with Gasteiger partial charge in [0.25, 0.3) is 0 Å². The lowest BCUT2D eigenvalue weighted by Crippen LogP contribution is -2.34. The summed E-state index contributed by atoms with van der Waals surface area (Å²) in [5.41, 5.74) is 1.84. The van der Waals surface area contributed by atoms with Crippen molar-refractivity contribution in [1.29, 1.82) is 0 Å². The molecule has 1 fully saturated rings. The SMILES string of the molecule is O=C(Nc1ccc(-c2nccs2)cc1)N1CCC[C@@H]1c1ccco1. The van der Waals surface area contributed by atoms with Crippen molar-refractivity contribution >= 4 is 23.1 Å². The first-order valence-corrected chi connectivity index (χ1v) is 8.80. The van der Waals surface area contributed by atoms with E-state index in [2.05, 4.69) is 10.3 Å². The molecule has 0 unspecified atom stereocenters. The molecule has 0 aliphatic carbocycles. The predicted octanol–water partition coefficient (Wildman–Crippen LogP) is 4.77. The summed E-state index contributed by atoms with van der Waals surface area (Å²) in [7, 11) is 0. The fourth-order valence-electron chi connectivity index (χ4n) is 3.04. The third-order valence-corrected chi connectivity index (χ3v) is 5.02. The van der Waals surface area contributed by atoms with E-state index in [-0.39, 0.29) is 12.1 Å². The lowest BCUT2D eigenvalue weighted by molar-refractivity contribution is 0.200. The molecule has 122 valence electrons. The normalized spacial score (nSPS) is 17.2. The van der Waals surface area contributed by atoms with Crippen molar-refractivity contribution < 1.29 is 9.21 Å². The van der Waals surface area contributed by atoms with Gasteiger partial charge in [0.2, 0.25) is 0 Å². The quantitative estimate of drug-likeness (QED) is 0.747. The fraction of sp³-hybridized carbons (Fsp3) is 0.222. The van der Waals surface area contributed by atoms with Gasteiger partial charge in [0.05, 0.1) is 12.3 Å². The molecule has 0 saturated carbocycles. The largest absolute Gasteiger partial charge is 0.467 e. The van der Waals surface area contributed by atoms with Crippen molar-refractivity contribution in [1.82, 2.24) is 9.88 Å². The molecule has 5 nitrogen and oxygen atoms in total. The van der Waals surface area contributed by atoms with E-state index in [0.29, 0.717) is 0 Å². The number of hydrogen-bond donors (Lipinski definition) is 1. The molecule has 3 aromatic rings. The second-order valence-corrected chi connectivity index (χ2v) is 6.61. The van der Waals surface area contributed by atoms with Crippen LogP contribution < -0.4 is 5.32 Å². The zero-order valence-corrected chi connectivity index (χ0v) is 13.8. The van der Waals surface area contributed by atoms with E-state index < -0.39 is 0 Å². The number of likely N-dealkylation sites (tertiary alicyclic amines) is 1. The van der Waals surface area contributed by atoms with Crippen molar-refractivity contribution in [2.75, 3.05) is 11.9 Å². The number of carbonyl (C=O) groups is 1. The molecule has 2 amide bonds. The zero-order valence-electron chi connectivity index (χ0n) is 13.0. The van der Waals surface area contributed by atoms with Crippen LogP contribution in [-0.2, 0) is 0 Å². The minimum Gasteiger partial charge on any atom is -0.467 e. The summed E-state index contributed by atoms with van der Waals surface area (Å²) in [4.78, 5) is 18.7. The average molecular weight is 339 g/mol. The Kier molecular flexibility index (Phi) is 4.04. The van der Waals surface area contributed by atoms with E-state index >= 15 is 0 Å². The molecule has 0 bridgehead atoms. The number of aromatic nitrogens is 1. The molecular formula is C18H17N3O2S. The van der Waals surface area contributed by atoms with Gasteiger partial charge in [-0.05, 0) is 49.2 Å². The van der Waals surface area contributed by atoms with Crippen LogP contribution in [0.2, 0.25) is 0 Å². The Labute approximate surface area is 143 Å². The highest BCUT2D eigenvalue weighted by molar-refractivity contribution is 7.13. The Morgan fingerprint density at radius 1 is 1.29 bits per heavy atom. The summed E-state index contributed by atoms with van der Waals surface area (Å²) in [6, 6.07) is 11.5. The molecule has 1 aromatic carbocycles. The molecule has 1 saturated heterocycles. The Morgan fingerprint density at radius 2 is 2.17 bits per heavy atom. The zero-order chi connectivity index (χ0) is 16.4. The molecule has 6 heteroatoms. The highest BCUT2D eigenvalue weighted by atomic mass is 32.1. The van der Waals surface area contributed by atoms with Crippen LogP contribution in [0.3, 0.4) is 0 Å². The van der Waals surface area contributed by atoms with Gasteiger partial charge in [0, 0.05) is 29.4 Å². The van der Waals surface area contributed by atoms with Gasteiger partial charge < -0.3 is 14.6 Å². The van der Waals surface area contributed by atoms with Gasteiger partial charge in [-0.2, -0.15) is 0 Å². The summed E-state index contributed by atoms with van der Waals surface area (Å²) in [5, 5.41) is 5.91. The van der Waals surface area contributed by atoms with Gasteiger partial charge >= 0.3 is 6.03 Å². The summed E-state index contributed by atoms with van der Waals surface area (Å²) < 4.78 is 5.48. The minimum absolute atomic E-state index is 0.0228. The van der Waals surface area contributed by atoms with E-state index in [4.69, 9.17) is 4.42 Å². The van der Waals surface area contributed by atoms with Crippen molar-refractivity contribution in [3.05, 3.63) is 60.0 Å². The van der Waals surface area contributed by atoms with Gasteiger partial charge in [-0.1, -0.05) is 0 Å². The number of furan rings is 1. The lowest BCUT2D eigenvalue weighted by Gasteiger charge is -2.23. The number of hydrogen-bond acceptors (Lipinski definition) is 4. The summed E-state index contributed by atoms with van der Waals surface area (Å²) >= 11 is 1.60. The number of nitrogens with zero attached hydrogens (tertiary/aromatic N) is 2. The minimum atomic E-state index is -0.0871. The highest BCUT2D eigenvalue weighted by Crippen LogP contribution is 2.32. The van der Waals surface area contributed by atoms with E-state index in [1.165, 1.54) is 0 Å². The van der Waals surface area contributed by atoms with Crippen LogP contribution in [0.25, 0.3) is 10.6 Å². The highest BCUT2D eigenvalue weighted by Gasteiger charge is 2.31. The Balaban J connectivity index is 1.46. The molecule has 0 radical (unpaired) electrons. The smallest absolute Gasteiger partial charge is 0.322 e. The van der Waals surface area contributed by atoms with Crippen LogP contribution in [0, 0.1) is 0 Å². The monoisotopic (exact) mass is 339 g/mol. The third kappa shape index (κ3) is 2.92. The molecule has 3 heterocycles. The summed E-state index contributed by atoms with van der Waals surface area (Å²) in [5.74, 6) is 0.849. The van der Waals surface area contributed by atoms with Crippen LogP contribution in [-0.4, -0.2) is 22.5 Å². The second kappa shape index (κ2) is 6.49. The predicted molar refractivity (Wildman–Crippen MR) is 94.0 cm³/mol. The van der Waals surface area contributed by atoms with E-state index in [1.54, 1.807) is 23.8 Å². The first-order chi connectivity index (χ1) is 11.8. The Hall–Kier alpha value is -2.60. The van der Waals surface area contributed by atoms with Gasteiger partial charge in [-0.3, -0.25) is 0 Å². The van der Waals surface area contributed by atoms with Crippen LogP contribution in [0.15, 0.2) is 58.7 Å². The first-order valence-electron chi connectivity index (χ1n) is 7.92. The number of thiazole rings is 1. The Morgan fingerprint density at radius 3 is 2.88 bits per heavy atom. The van der Waals surface area contributed by atoms with Crippen LogP contribution in [0.4, 0.5) is 10.5 Å². The maximum absolute atomic E-state index is 12.6. The number of benzene rings is 1. The number of nitrogens with one attached hydrogen (secondary N) is 1. The number of carbonyl (C=O) groups excluding carboxylic acids is 1. The Bertz CT molecular complexity index is 797. The fourth-order valence-corrected chi connectivity index (χ4v) is 3.69.